The topological polar surface area (TPSA) is 67.8 Å². The fourth-order valence-electron chi connectivity index (χ4n) is 2.25. The molecule has 20 heavy (non-hydrogen) atoms. The van der Waals surface area contributed by atoms with Gasteiger partial charge in [-0.15, -0.1) is 0 Å². The van der Waals surface area contributed by atoms with Crippen LogP contribution in [0.15, 0.2) is 24.3 Å². The van der Waals surface area contributed by atoms with Crippen molar-refractivity contribution in [2.75, 3.05) is 32.9 Å². The van der Waals surface area contributed by atoms with Crippen molar-refractivity contribution in [1.29, 1.82) is 0 Å². The summed E-state index contributed by atoms with van der Waals surface area (Å²) in [4.78, 5) is 10.8. The number of piperidine rings is 1. The molecule has 0 spiro atoms. The third-order valence-corrected chi connectivity index (χ3v) is 3.33. The van der Waals surface area contributed by atoms with Crippen LogP contribution in [-0.2, 0) is 4.74 Å². The second-order valence-electron chi connectivity index (χ2n) is 4.97. The third-order valence-electron chi connectivity index (χ3n) is 3.33. The molecular formula is C15H21NO4. The Kier molecular flexibility index (Phi) is 5.83. The second kappa shape index (κ2) is 7.87. The number of carbonyl (C=O) groups is 1. The Hall–Kier alpha value is -1.59. The maximum atomic E-state index is 10.8. The van der Waals surface area contributed by atoms with Crippen molar-refractivity contribution in [3.63, 3.8) is 0 Å². The molecule has 0 saturated carbocycles. The number of hydrogen-bond donors (Lipinski definition) is 2. The first kappa shape index (κ1) is 14.8. The lowest BCUT2D eigenvalue weighted by molar-refractivity contribution is 0.0667. The summed E-state index contributed by atoms with van der Waals surface area (Å²) in [5.41, 5.74) is 0.233. The first-order chi connectivity index (χ1) is 9.75. The van der Waals surface area contributed by atoms with Crippen molar-refractivity contribution >= 4 is 5.97 Å². The number of aromatic carboxylic acids is 1. The summed E-state index contributed by atoms with van der Waals surface area (Å²) in [6.07, 6.45) is 2.43. The van der Waals surface area contributed by atoms with Crippen LogP contribution < -0.4 is 10.1 Å². The van der Waals surface area contributed by atoms with E-state index >= 15 is 0 Å². The van der Waals surface area contributed by atoms with Crippen LogP contribution in [0.4, 0.5) is 0 Å². The molecule has 1 atom stereocenters. The average Bonchev–Trinajstić information content (AvgIpc) is 2.48. The predicted octanol–water partition coefficient (Wildman–Crippen LogP) is 1.78. The van der Waals surface area contributed by atoms with Gasteiger partial charge in [0.15, 0.2) is 0 Å². The molecule has 1 fully saturated rings. The van der Waals surface area contributed by atoms with Gasteiger partial charge in [-0.25, -0.2) is 4.79 Å². The van der Waals surface area contributed by atoms with E-state index in [1.807, 2.05) is 0 Å². The summed E-state index contributed by atoms with van der Waals surface area (Å²) < 4.78 is 11.1. The molecule has 2 N–H and O–H groups in total. The van der Waals surface area contributed by atoms with Crippen LogP contribution in [0.1, 0.15) is 23.2 Å². The number of carboxylic acids is 1. The molecule has 1 aliphatic heterocycles. The number of benzene rings is 1. The van der Waals surface area contributed by atoms with Crippen molar-refractivity contribution in [1.82, 2.24) is 5.32 Å². The minimum absolute atomic E-state index is 0.233. The van der Waals surface area contributed by atoms with Crippen LogP contribution in [0.3, 0.4) is 0 Å². The van der Waals surface area contributed by atoms with Crippen LogP contribution in [0.2, 0.25) is 0 Å². The molecule has 1 unspecified atom stereocenters. The lowest BCUT2D eigenvalue weighted by Gasteiger charge is -2.22. The molecule has 1 heterocycles. The van der Waals surface area contributed by atoms with E-state index in [0.717, 1.165) is 19.7 Å². The van der Waals surface area contributed by atoms with E-state index in [1.54, 1.807) is 18.2 Å². The van der Waals surface area contributed by atoms with Gasteiger partial charge in [0.25, 0.3) is 0 Å². The monoisotopic (exact) mass is 279 g/mol. The van der Waals surface area contributed by atoms with Gasteiger partial charge in [-0.3, -0.25) is 0 Å². The van der Waals surface area contributed by atoms with Gasteiger partial charge in [0.05, 0.1) is 18.8 Å². The van der Waals surface area contributed by atoms with Gasteiger partial charge in [0, 0.05) is 6.54 Å². The Morgan fingerprint density at radius 2 is 2.30 bits per heavy atom. The van der Waals surface area contributed by atoms with Crippen molar-refractivity contribution in [3.05, 3.63) is 29.8 Å². The number of hydrogen-bond acceptors (Lipinski definition) is 4. The van der Waals surface area contributed by atoms with Gasteiger partial charge in [-0.2, -0.15) is 0 Å². The molecule has 1 aliphatic rings. The van der Waals surface area contributed by atoms with Crippen molar-refractivity contribution in [2.24, 2.45) is 5.92 Å². The first-order valence-corrected chi connectivity index (χ1v) is 7.00. The lowest BCUT2D eigenvalue weighted by atomic mass is 10.0. The Morgan fingerprint density at radius 3 is 3.05 bits per heavy atom. The normalized spacial score (nSPS) is 18.7. The molecular weight excluding hydrogens is 258 g/mol. The highest BCUT2D eigenvalue weighted by Gasteiger charge is 2.12. The molecule has 1 aromatic carbocycles. The van der Waals surface area contributed by atoms with E-state index in [1.165, 1.54) is 18.9 Å². The summed E-state index contributed by atoms with van der Waals surface area (Å²) in [5, 5.41) is 12.2. The van der Waals surface area contributed by atoms with Crippen LogP contribution in [0.25, 0.3) is 0 Å². The highest BCUT2D eigenvalue weighted by Crippen LogP contribution is 2.13. The lowest BCUT2D eigenvalue weighted by Crippen LogP contribution is -2.32. The summed E-state index contributed by atoms with van der Waals surface area (Å²) >= 11 is 0. The molecule has 1 aromatic rings. The predicted molar refractivity (Wildman–Crippen MR) is 75.3 cm³/mol. The number of nitrogens with one attached hydrogen (secondary N) is 1. The van der Waals surface area contributed by atoms with Crippen LogP contribution >= 0.6 is 0 Å². The van der Waals surface area contributed by atoms with E-state index in [4.69, 9.17) is 14.6 Å². The quantitative estimate of drug-likeness (QED) is 0.745. The maximum Gasteiger partial charge on any atom is 0.335 e. The minimum atomic E-state index is -0.948. The highest BCUT2D eigenvalue weighted by molar-refractivity contribution is 5.87. The average molecular weight is 279 g/mol. The summed E-state index contributed by atoms with van der Waals surface area (Å²) in [6, 6.07) is 6.49. The molecule has 0 radical (unpaired) electrons. The maximum absolute atomic E-state index is 10.8. The largest absolute Gasteiger partial charge is 0.491 e. The second-order valence-corrected chi connectivity index (χ2v) is 4.97. The van der Waals surface area contributed by atoms with Crippen LogP contribution in [0.5, 0.6) is 5.75 Å². The van der Waals surface area contributed by atoms with E-state index in [9.17, 15) is 4.79 Å². The Labute approximate surface area is 118 Å². The van der Waals surface area contributed by atoms with Gasteiger partial charge >= 0.3 is 5.97 Å². The van der Waals surface area contributed by atoms with Crippen molar-refractivity contribution < 1.29 is 19.4 Å². The van der Waals surface area contributed by atoms with Gasteiger partial charge in [-0.1, -0.05) is 6.07 Å². The molecule has 0 bridgehead atoms. The Bertz CT molecular complexity index is 430. The molecule has 5 nitrogen and oxygen atoms in total. The third kappa shape index (κ3) is 4.83. The van der Waals surface area contributed by atoms with E-state index in [2.05, 4.69) is 5.32 Å². The molecule has 2 rings (SSSR count). The molecule has 5 heteroatoms. The van der Waals surface area contributed by atoms with Crippen LogP contribution in [0, 0.1) is 5.92 Å². The van der Waals surface area contributed by atoms with Crippen LogP contribution in [-0.4, -0.2) is 44.0 Å². The molecule has 110 valence electrons. The van der Waals surface area contributed by atoms with E-state index < -0.39 is 5.97 Å². The van der Waals surface area contributed by atoms with Gasteiger partial charge in [-0.05, 0) is 43.5 Å². The fourth-order valence-corrected chi connectivity index (χ4v) is 2.25. The van der Waals surface area contributed by atoms with Crippen molar-refractivity contribution in [3.8, 4) is 5.75 Å². The van der Waals surface area contributed by atoms with Gasteiger partial charge in [0.1, 0.15) is 12.4 Å². The smallest absolute Gasteiger partial charge is 0.335 e. The van der Waals surface area contributed by atoms with Gasteiger partial charge < -0.3 is 19.9 Å². The molecule has 0 aliphatic carbocycles. The Morgan fingerprint density at radius 1 is 1.40 bits per heavy atom. The van der Waals surface area contributed by atoms with Crippen molar-refractivity contribution in [2.45, 2.75) is 12.8 Å². The van der Waals surface area contributed by atoms with E-state index in [-0.39, 0.29) is 5.56 Å². The summed E-state index contributed by atoms with van der Waals surface area (Å²) in [5.74, 6) is 0.211. The zero-order chi connectivity index (χ0) is 14.2. The molecule has 0 aromatic heterocycles. The minimum Gasteiger partial charge on any atom is -0.491 e. The highest BCUT2D eigenvalue weighted by atomic mass is 16.5. The van der Waals surface area contributed by atoms with E-state index in [0.29, 0.717) is 24.9 Å². The number of ether oxygens (including phenoxy) is 2. The summed E-state index contributed by atoms with van der Waals surface area (Å²) in [7, 11) is 0. The zero-order valence-corrected chi connectivity index (χ0v) is 11.5. The zero-order valence-electron chi connectivity index (χ0n) is 11.5. The fraction of sp³-hybridized carbons (Fsp3) is 0.533. The molecule has 1 saturated heterocycles. The standard InChI is InChI=1S/C15H21NO4/c17-15(18)13-4-1-5-14(9-13)20-8-7-19-11-12-3-2-6-16-10-12/h1,4-5,9,12,16H,2-3,6-8,10-11H2,(H,17,18). The SMILES string of the molecule is O=C(O)c1cccc(OCCOCC2CCCNC2)c1. The number of carboxylic acid groups (broad SMARTS) is 1. The van der Waals surface area contributed by atoms with Gasteiger partial charge in [0.2, 0.25) is 0 Å². The number of rotatable bonds is 7. The first-order valence-electron chi connectivity index (χ1n) is 7.00. The summed E-state index contributed by atoms with van der Waals surface area (Å²) in [6.45, 7) is 3.85. The molecule has 0 amide bonds. The Balaban J connectivity index is 1.63.